The van der Waals surface area contributed by atoms with Crippen LogP contribution in [0.5, 0.6) is 5.75 Å². The van der Waals surface area contributed by atoms with Crippen LogP contribution in [0.25, 0.3) is 0 Å². The lowest BCUT2D eigenvalue weighted by molar-refractivity contribution is 0.252. The average molecular weight is 333 g/mol. The maximum atomic E-state index is 12.0. The van der Waals surface area contributed by atoms with Crippen LogP contribution in [0.3, 0.4) is 0 Å². The molecular formula is C18H21ClN2O2. The van der Waals surface area contributed by atoms with E-state index < -0.39 is 0 Å². The van der Waals surface area contributed by atoms with Gasteiger partial charge in [-0.2, -0.15) is 0 Å². The molecule has 2 aromatic carbocycles. The molecule has 0 fully saturated rings. The number of rotatable bonds is 5. The molecule has 2 N–H and O–H groups in total. The lowest BCUT2D eigenvalue weighted by atomic mass is 10.1. The fourth-order valence-corrected chi connectivity index (χ4v) is 2.75. The van der Waals surface area contributed by atoms with Crippen molar-refractivity contribution in [3.8, 4) is 5.75 Å². The van der Waals surface area contributed by atoms with Crippen LogP contribution in [0.2, 0.25) is 5.02 Å². The van der Waals surface area contributed by atoms with Crippen molar-refractivity contribution in [2.75, 3.05) is 19.0 Å². The van der Waals surface area contributed by atoms with Crippen LogP contribution in [-0.4, -0.2) is 19.7 Å². The monoisotopic (exact) mass is 332 g/mol. The number of anilines is 1. The van der Waals surface area contributed by atoms with Crippen LogP contribution in [0.15, 0.2) is 36.4 Å². The smallest absolute Gasteiger partial charge is 0.319 e. The number of carbonyl (C=O) groups excluding carboxylic acids is 1. The Morgan fingerprint density at radius 1 is 1.22 bits per heavy atom. The molecule has 2 amide bonds. The van der Waals surface area contributed by atoms with E-state index in [4.69, 9.17) is 16.3 Å². The zero-order valence-corrected chi connectivity index (χ0v) is 14.3. The molecular weight excluding hydrogens is 312 g/mol. The second-order valence-electron chi connectivity index (χ2n) is 5.42. The van der Waals surface area contributed by atoms with E-state index >= 15 is 0 Å². The van der Waals surface area contributed by atoms with Gasteiger partial charge in [-0.1, -0.05) is 29.8 Å². The first-order valence-electron chi connectivity index (χ1n) is 7.44. The Hall–Kier alpha value is -2.20. The summed E-state index contributed by atoms with van der Waals surface area (Å²) >= 11 is 6.19. The summed E-state index contributed by atoms with van der Waals surface area (Å²) in [5.41, 5.74) is 3.76. The number of urea groups is 1. The van der Waals surface area contributed by atoms with Crippen LogP contribution < -0.4 is 15.4 Å². The Bertz CT molecular complexity index is 678. The number of amides is 2. The summed E-state index contributed by atoms with van der Waals surface area (Å²) in [7, 11) is 1.64. The summed E-state index contributed by atoms with van der Waals surface area (Å²) in [6.45, 7) is 4.42. The first kappa shape index (κ1) is 17.2. The Morgan fingerprint density at radius 3 is 2.70 bits per heavy atom. The number of hydrogen-bond donors (Lipinski definition) is 2. The van der Waals surface area contributed by atoms with Crippen molar-refractivity contribution in [2.24, 2.45) is 0 Å². The lowest BCUT2D eigenvalue weighted by Gasteiger charge is -2.12. The van der Waals surface area contributed by atoms with Gasteiger partial charge in [-0.15, -0.1) is 0 Å². The average Bonchev–Trinajstić information content (AvgIpc) is 2.51. The van der Waals surface area contributed by atoms with Gasteiger partial charge in [0.05, 0.1) is 17.8 Å². The van der Waals surface area contributed by atoms with Crippen molar-refractivity contribution < 1.29 is 9.53 Å². The predicted molar refractivity (Wildman–Crippen MR) is 94.6 cm³/mol. The molecule has 0 heterocycles. The molecule has 0 atom stereocenters. The zero-order valence-electron chi connectivity index (χ0n) is 13.6. The molecule has 0 bridgehead atoms. The van der Waals surface area contributed by atoms with Crippen molar-refractivity contribution in [3.63, 3.8) is 0 Å². The first-order valence-corrected chi connectivity index (χ1v) is 7.82. The van der Waals surface area contributed by atoms with Crippen molar-refractivity contribution in [1.29, 1.82) is 0 Å². The SMILES string of the molecule is COc1cccc(CCNC(=O)Nc2c(C)cc(C)cc2Cl)c1. The number of halogens is 1. The summed E-state index contributed by atoms with van der Waals surface area (Å²) in [6.07, 6.45) is 0.727. The van der Waals surface area contributed by atoms with Crippen LogP contribution in [0.4, 0.5) is 10.5 Å². The summed E-state index contributed by atoms with van der Waals surface area (Å²) in [5.74, 6) is 0.814. The lowest BCUT2D eigenvalue weighted by Crippen LogP contribution is -2.30. The molecule has 2 rings (SSSR count). The van der Waals surface area contributed by atoms with Crippen LogP contribution >= 0.6 is 11.6 Å². The van der Waals surface area contributed by atoms with E-state index in [1.54, 1.807) is 7.11 Å². The zero-order chi connectivity index (χ0) is 16.8. The van der Waals surface area contributed by atoms with Gasteiger partial charge in [-0.25, -0.2) is 4.79 Å². The minimum Gasteiger partial charge on any atom is -0.497 e. The molecule has 0 saturated heterocycles. The maximum Gasteiger partial charge on any atom is 0.319 e. The molecule has 2 aromatic rings. The number of nitrogens with one attached hydrogen (secondary N) is 2. The third-order valence-corrected chi connectivity index (χ3v) is 3.80. The Morgan fingerprint density at radius 2 is 2.00 bits per heavy atom. The van der Waals surface area contributed by atoms with E-state index in [1.807, 2.05) is 50.2 Å². The molecule has 23 heavy (non-hydrogen) atoms. The van der Waals surface area contributed by atoms with Crippen LogP contribution in [-0.2, 0) is 6.42 Å². The van der Waals surface area contributed by atoms with Gasteiger partial charge in [0.25, 0.3) is 0 Å². The Balaban J connectivity index is 1.88. The number of ether oxygens (including phenoxy) is 1. The Labute approximate surface area is 141 Å². The molecule has 0 spiro atoms. The van der Waals surface area contributed by atoms with E-state index in [0.717, 1.165) is 28.9 Å². The standard InChI is InChI=1S/C18H21ClN2O2/c1-12-9-13(2)17(16(19)10-12)21-18(22)20-8-7-14-5-4-6-15(11-14)23-3/h4-6,9-11H,7-8H2,1-3H3,(H2,20,21,22). The predicted octanol–water partition coefficient (Wildman–Crippen LogP) is 4.33. The molecule has 0 aliphatic heterocycles. The number of carbonyl (C=O) groups is 1. The molecule has 4 nitrogen and oxygen atoms in total. The summed E-state index contributed by atoms with van der Waals surface area (Å²) < 4.78 is 5.18. The van der Waals surface area contributed by atoms with Gasteiger partial charge in [-0.3, -0.25) is 0 Å². The minimum atomic E-state index is -0.262. The molecule has 0 radical (unpaired) electrons. The molecule has 0 aliphatic carbocycles. The normalized spacial score (nSPS) is 10.3. The quantitative estimate of drug-likeness (QED) is 0.856. The summed E-state index contributed by atoms with van der Waals surface area (Å²) in [6, 6.07) is 11.3. The summed E-state index contributed by atoms with van der Waals surface area (Å²) in [4.78, 5) is 12.0. The molecule has 0 aromatic heterocycles. The molecule has 122 valence electrons. The number of benzene rings is 2. The van der Waals surface area contributed by atoms with Gasteiger partial charge < -0.3 is 15.4 Å². The second-order valence-corrected chi connectivity index (χ2v) is 5.83. The number of methoxy groups -OCH3 is 1. The van der Waals surface area contributed by atoms with Gasteiger partial charge in [0, 0.05) is 6.54 Å². The van der Waals surface area contributed by atoms with E-state index in [-0.39, 0.29) is 6.03 Å². The highest BCUT2D eigenvalue weighted by Crippen LogP contribution is 2.27. The van der Waals surface area contributed by atoms with Crippen LogP contribution in [0.1, 0.15) is 16.7 Å². The molecule has 0 saturated carbocycles. The van der Waals surface area contributed by atoms with E-state index in [0.29, 0.717) is 17.3 Å². The topological polar surface area (TPSA) is 50.4 Å². The maximum absolute atomic E-state index is 12.0. The Kier molecular flexibility index (Phi) is 5.88. The fourth-order valence-electron chi connectivity index (χ4n) is 2.38. The van der Waals surface area contributed by atoms with Gasteiger partial charge in [-0.05, 0) is 55.2 Å². The first-order chi connectivity index (χ1) is 11.0. The highest BCUT2D eigenvalue weighted by atomic mass is 35.5. The second kappa shape index (κ2) is 7.88. The van der Waals surface area contributed by atoms with Crippen molar-refractivity contribution >= 4 is 23.3 Å². The van der Waals surface area contributed by atoms with Gasteiger partial charge in [0.1, 0.15) is 5.75 Å². The third kappa shape index (κ3) is 4.89. The minimum absolute atomic E-state index is 0.262. The number of hydrogen-bond acceptors (Lipinski definition) is 2. The van der Waals surface area contributed by atoms with Crippen molar-refractivity contribution in [1.82, 2.24) is 5.32 Å². The fraction of sp³-hybridized carbons (Fsp3) is 0.278. The highest BCUT2D eigenvalue weighted by molar-refractivity contribution is 6.34. The highest BCUT2D eigenvalue weighted by Gasteiger charge is 2.09. The molecule has 5 heteroatoms. The van der Waals surface area contributed by atoms with Gasteiger partial charge >= 0.3 is 6.03 Å². The van der Waals surface area contributed by atoms with Gasteiger partial charge in [0.15, 0.2) is 0 Å². The van der Waals surface area contributed by atoms with Gasteiger partial charge in [0.2, 0.25) is 0 Å². The van der Waals surface area contributed by atoms with Crippen molar-refractivity contribution in [2.45, 2.75) is 20.3 Å². The van der Waals surface area contributed by atoms with E-state index in [9.17, 15) is 4.79 Å². The van der Waals surface area contributed by atoms with E-state index in [1.165, 1.54) is 0 Å². The summed E-state index contributed by atoms with van der Waals surface area (Å²) in [5, 5.41) is 6.19. The molecule has 0 aliphatic rings. The third-order valence-electron chi connectivity index (χ3n) is 3.50. The van der Waals surface area contributed by atoms with Crippen molar-refractivity contribution in [3.05, 3.63) is 58.1 Å². The number of aryl methyl sites for hydroxylation is 2. The largest absolute Gasteiger partial charge is 0.497 e. The molecule has 0 unspecified atom stereocenters. The van der Waals surface area contributed by atoms with E-state index in [2.05, 4.69) is 10.6 Å². The van der Waals surface area contributed by atoms with Crippen LogP contribution in [0, 0.1) is 13.8 Å².